The molecule has 2 aromatic carbocycles. The van der Waals surface area contributed by atoms with Crippen LogP contribution in [0.1, 0.15) is 19.4 Å². The summed E-state index contributed by atoms with van der Waals surface area (Å²) in [7, 11) is 1.57. The molecule has 0 unspecified atom stereocenters. The number of hydrogen-bond acceptors (Lipinski definition) is 3. The van der Waals surface area contributed by atoms with Crippen LogP contribution in [0.15, 0.2) is 41.3 Å². The molecule has 5 heteroatoms. The van der Waals surface area contributed by atoms with E-state index in [-0.39, 0.29) is 5.82 Å². The van der Waals surface area contributed by atoms with E-state index in [1.807, 2.05) is 19.9 Å². The van der Waals surface area contributed by atoms with E-state index in [1.165, 1.54) is 17.8 Å². The molecule has 0 saturated heterocycles. The number of rotatable bonds is 4. The smallest absolute Gasteiger partial charge is 0.134 e. The predicted octanol–water partition coefficient (Wildman–Crippen LogP) is 5.10. The molecule has 0 atom stereocenters. The highest BCUT2D eigenvalue weighted by molar-refractivity contribution is 8.00. The number of benzene rings is 2. The molecule has 21 heavy (non-hydrogen) atoms. The van der Waals surface area contributed by atoms with Crippen LogP contribution in [0.5, 0.6) is 5.75 Å². The van der Waals surface area contributed by atoms with Gasteiger partial charge in [0.2, 0.25) is 0 Å². The van der Waals surface area contributed by atoms with Crippen LogP contribution in [0.3, 0.4) is 0 Å². The van der Waals surface area contributed by atoms with Crippen LogP contribution >= 0.6 is 23.4 Å². The quantitative estimate of drug-likeness (QED) is 0.627. The maximum absolute atomic E-state index is 14.0. The molecule has 2 N–H and O–H groups in total. The molecular weight excluding hydrogens is 309 g/mol. The van der Waals surface area contributed by atoms with Crippen molar-refractivity contribution in [2.75, 3.05) is 12.8 Å². The number of ether oxygens (including phenoxy) is 1. The predicted molar refractivity (Wildman–Crippen MR) is 87.7 cm³/mol. The average Bonchev–Trinajstić information content (AvgIpc) is 2.42. The fourth-order valence-electron chi connectivity index (χ4n) is 2.07. The lowest BCUT2D eigenvalue weighted by Gasteiger charge is -2.26. The Labute approximate surface area is 133 Å². The molecule has 0 bridgehead atoms. The van der Waals surface area contributed by atoms with Crippen molar-refractivity contribution in [3.8, 4) is 5.75 Å². The van der Waals surface area contributed by atoms with Gasteiger partial charge in [-0.05, 0) is 26.0 Å². The summed E-state index contributed by atoms with van der Waals surface area (Å²) in [6.07, 6.45) is 0. The monoisotopic (exact) mass is 325 g/mol. The summed E-state index contributed by atoms with van der Waals surface area (Å²) in [6, 6.07) is 10.2. The van der Waals surface area contributed by atoms with Gasteiger partial charge in [0.25, 0.3) is 0 Å². The number of hydrogen-bond donors (Lipinski definition) is 1. The third-order valence-electron chi connectivity index (χ3n) is 3.17. The van der Waals surface area contributed by atoms with Gasteiger partial charge in [-0.15, -0.1) is 11.8 Å². The third-order valence-corrected chi connectivity index (χ3v) is 4.77. The zero-order valence-corrected chi connectivity index (χ0v) is 13.7. The summed E-state index contributed by atoms with van der Waals surface area (Å²) < 4.78 is 18.9. The number of nitrogen functional groups attached to an aromatic ring is 1. The van der Waals surface area contributed by atoms with Gasteiger partial charge in [-0.3, -0.25) is 0 Å². The summed E-state index contributed by atoms with van der Waals surface area (Å²) in [4.78, 5) is 0.827. The zero-order chi connectivity index (χ0) is 15.6. The molecule has 112 valence electrons. The third kappa shape index (κ3) is 3.44. The molecule has 2 rings (SSSR count). The molecule has 0 aromatic heterocycles. The average molecular weight is 326 g/mol. The second kappa shape index (κ2) is 6.16. The van der Waals surface area contributed by atoms with E-state index in [0.29, 0.717) is 22.0 Å². The largest absolute Gasteiger partial charge is 0.496 e. The van der Waals surface area contributed by atoms with Gasteiger partial charge < -0.3 is 10.5 Å². The Morgan fingerprint density at radius 2 is 1.90 bits per heavy atom. The van der Waals surface area contributed by atoms with Gasteiger partial charge in [0.05, 0.1) is 22.7 Å². The van der Waals surface area contributed by atoms with Gasteiger partial charge in [-0.1, -0.05) is 29.8 Å². The topological polar surface area (TPSA) is 35.2 Å². The van der Waals surface area contributed by atoms with Gasteiger partial charge in [-0.25, -0.2) is 4.39 Å². The number of anilines is 1. The normalized spacial score (nSPS) is 11.5. The van der Waals surface area contributed by atoms with Gasteiger partial charge in [0.1, 0.15) is 11.6 Å². The number of thioether (sulfide) groups is 1. The van der Waals surface area contributed by atoms with Crippen LogP contribution in [-0.2, 0) is 4.75 Å². The minimum atomic E-state index is -0.473. The van der Waals surface area contributed by atoms with Crippen molar-refractivity contribution in [1.29, 1.82) is 0 Å². The summed E-state index contributed by atoms with van der Waals surface area (Å²) >= 11 is 7.49. The van der Waals surface area contributed by atoms with Gasteiger partial charge in [-0.2, -0.15) is 0 Å². The van der Waals surface area contributed by atoms with E-state index in [2.05, 4.69) is 0 Å². The Balaban J connectivity index is 2.41. The number of halogens is 2. The number of nitrogens with two attached hydrogens (primary N) is 1. The lowest BCUT2D eigenvalue weighted by Crippen LogP contribution is -2.14. The Bertz CT molecular complexity index is 661. The van der Waals surface area contributed by atoms with E-state index >= 15 is 0 Å². The Kier molecular flexibility index (Phi) is 4.69. The van der Waals surface area contributed by atoms with E-state index in [9.17, 15) is 4.39 Å². The van der Waals surface area contributed by atoms with Crippen LogP contribution in [-0.4, -0.2) is 7.11 Å². The van der Waals surface area contributed by atoms with Crippen LogP contribution in [0.25, 0.3) is 0 Å². The van der Waals surface area contributed by atoms with Gasteiger partial charge in [0.15, 0.2) is 0 Å². The molecule has 2 aromatic rings. The highest BCUT2D eigenvalue weighted by Crippen LogP contribution is 2.46. The molecule has 0 heterocycles. The Morgan fingerprint density at radius 3 is 2.52 bits per heavy atom. The standard InChI is InChI=1S/C16H17ClFNOS/c1-16(2,10-6-4-5-7-12(10)18)21-15-9-13(19)11(17)8-14(15)20-3/h4-9H,19H2,1-3H3. The molecule has 0 fully saturated rings. The first-order valence-corrected chi connectivity index (χ1v) is 7.61. The molecule has 0 aliphatic carbocycles. The van der Waals surface area contributed by atoms with Crippen molar-refractivity contribution >= 4 is 29.1 Å². The first kappa shape index (κ1) is 16.0. The first-order chi connectivity index (χ1) is 9.85. The lowest BCUT2D eigenvalue weighted by atomic mass is 10.0. The van der Waals surface area contributed by atoms with Crippen molar-refractivity contribution in [3.63, 3.8) is 0 Å². The van der Waals surface area contributed by atoms with Crippen LogP contribution < -0.4 is 10.5 Å². The van der Waals surface area contributed by atoms with Gasteiger partial charge >= 0.3 is 0 Å². The molecule has 0 saturated carbocycles. The maximum atomic E-state index is 14.0. The first-order valence-electron chi connectivity index (χ1n) is 6.42. The number of methoxy groups -OCH3 is 1. The second-order valence-corrected chi connectivity index (χ2v) is 7.19. The fraction of sp³-hybridized carbons (Fsp3) is 0.250. The SMILES string of the molecule is COc1cc(Cl)c(N)cc1SC(C)(C)c1ccccc1F. The van der Waals surface area contributed by atoms with E-state index < -0.39 is 4.75 Å². The van der Waals surface area contributed by atoms with E-state index in [4.69, 9.17) is 22.1 Å². The van der Waals surface area contributed by atoms with Crippen molar-refractivity contribution in [1.82, 2.24) is 0 Å². The molecular formula is C16H17ClFNOS. The Morgan fingerprint density at radius 1 is 1.24 bits per heavy atom. The minimum Gasteiger partial charge on any atom is -0.496 e. The minimum absolute atomic E-state index is 0.226. The summed E-state index contributed by atoms with van der Waals surface area (Å²) in [5, 5.41) is 0.444. The summed E-state index contributed by atoms with van der Waals surface area (Å²) in [5.41, 5.74) is 6.96. The van der Waals surface area contributed by atoms with Crippen molar-refractivity contribution in [3.05, 3.63) is 52.8 Å². The molecule has 0 radical (unpaired) electrons. The molecule has 0 aliphatic heterocycles. The molecule has 0 aliphatic rings. The summed E-state index contributed by atoms with van der Waals surface area (Å²) in [6.45, 7) is 3.92. The van der Waals surface area contributed by atoms with Crippen LogP contribution in [0.4, 0.5) is 10.1 Å². The molecule has 0 amide bonds. The summed E-state index contributed by atoms with van der Waals surface area (Å²) in [5.74, 6) is 0.402. The van der Waals surface area contributed by atoms with E-state index in [0.717, 1.165) is 4.90 Å². The van der Waals surface area contributed by atoms with Gasteiger partial charge in [0, 0.05) is 16.4 Å². The van der Waals surface area contributed by atoms with Crippen molar-refractivity contribution in [2.24, 2.45) is 0 Å². The van der Waals surface area contributed by atoms with Crippen LogP contribution in [0.2, 0.25) is 5.02 Å². The van der Waals surface area contributed by atoms with Crippen LogP contribution in [0, 0.1) is 5.82 Å². The lowest BCUT2D eigenvalue weighted by molar-refractivity contribution is 0.404. The zero-order valence-electron chi connectivity index (χ0n) is 12.1. The molecule has 2 nitrogen and oxygen atoms in total. The highest BCUT2D eigenvalue weighted by Gasteiger charge is 2.27. The van der Waals surface area contributed by atoms with Crippen molar-refractivity contribution in [2.45, 2.75) is 23.5 Å². The maximum Gasteiger partial charge on any atom is 0.134 e. The fourth-order valence-corrected chi connectivity index (χ4v) is 3.48. The Hall–Kier alpha value is -1.39. The second-order valence-electron chi connectivity index (χ2n) is 5.12. The van der Waals surface area contributed by atoms with E-state index in [1.54, 1.807) is 31.4 Å². The van der Waals surface area contributed by atoms with Crippen molar-refractivity contribution < 1.29 is 9.13 Å². The highest BCUT2D eigenvalue weighted by atomic mass is 35.5. The molecule has 0 spiro atoms.